The van der Waals surface area contributed by atoms with Crippen molar-refractivity contribution in [3.63, 3.8) is 0 Å². The van der Waals surface area contributed by atoms with E-state index >= 15 is 0 Å². The number of rotatable bonds is 6. The van der Waals surface area contributed by atoms with Gasteiger partial charge in [0, 0.05) is 10.9 Å². The van der Waals surface area contributed by atoms with E-state index in [0.717, 1.165) is 11.3 Å². The number of furan rings is 1. The highest BCUT2D eigenvalue weighted by Crippen LogP contribution is 2.33. The first kappa shape index (κ1) is 15.1. The van der Waals surface area contributed by atoms with Crippen LogP contribution in [0.4, 0.5) is 5.13 Å². The molecule has 2 heterocycles. The monoisotopic (exact) mass is 329 g/mol. The highest BCUT2D eigenvalue weighted by Gasteiger charge is 2.09. The maximum Gasteiger partial charge on any atom is 0.203 e. The lowest BCUT2D eigenvalue weighted by atomic mass is 10.1. The number of benzene rings is 1. The first-order valence-corrected chi connectivity index (χ1v) is 7.68. The summed E-state index contributed by atoms with van der Waals surface area (Å²) in [5.41, 5.74) is 4.67. The van der Waals surface area contributed by atoms with Crippen LogP contribution in [-0.4, -0.2) is 25.4 Å². The highest BCUT2D eigenvalue weighted by atomic mass is 32.1. The Labute approximate surface area is 137 Å². The van der Waals surface area contributed by atoms with Gasteiger partial charge in [-0.05, 0) is 30.3 Å². The minimum atomic E-state index is 0.670. The molecule has 0 aliphatic carbocycles. The van der Waals surface area contributed by atoms with Crippen LogP contribution in [0.5, 0.6) is 11.5 Å². The van der Waals surface area contributed by atoms with E-state index in [4.69, 9.17) is 13.9 Å². The summed E-state index contributed by atoms with van der Waals surface area (Å²) in [6.45, 7) is 0. The van der Waals surface area contributed by atoms with Crippen LogP contribution >= 0.6 is 11.3 Å². The van der Waals surface area contributed by atoms with Gasteiger partial charge in [-0.2, -0.15) is 5.10 Å². The van der Waals surface area contributed by atoms with Gasteiger partial charge >= 0.3 is 0 Å². The van der Waals surface area contributed by atoms with E-state index in [2.05, 4.69) is 15.5 Å². The molecule has 0 radical (unpaired) electrons. The lowest BCUT2D eigenvalue weighted by Gasteiger charge is -2.08. The van der Waals surface area contributed by atoms with Crippen LogP contribution < -0.4 is 14.9 Å². The van der Waals surface area contributed by atoms with Gasteiger partial charge in [-0.25, -0.2) is 4.98 Å². The average Bonchev–Trinajstić information content (AvgIpc) is 3.26. The number of methoxy groups -OCH3 is 2. The van der Waals surface area contributed by atoms with Gasteiger partial charge in [-0.1, -0.05) is 0 Å². The van der Waals surface area contributed by atoms with E-state index in [1.165, 1.54) is 11.3 Å². The summed E-state index contributed by atoms with van der Waals surface area (Å²) in [5.74, 6) is 2.03. The number of anilines is 1. The summed E-state index contributed by atoms with van der Waals surface area (Å²) in [5, 5.41) is 6.73. The van der Waals surface area contributed by atoms with E-state index in [9.17, 15) is 0 Å². The Morgan fingerprint density at radius 3 is 2.83 bits per heavy atom. The molecule has 3 aromatic rings. The minimum Gasteiger partial charge on any atom is -0.493 e. The summed E-state index contributed by atoms with van der Waals surface area (Å²) in [7, 11) is 3.22. The third-order valence-electron chi connectivity index (χ3n) is 3.08. The summed E-state index contributed by atoms with van der Waals surface area (Å²) in [4.78, 5) is 4.50. The van der Waals surface area contributed by atoms with E-state index in [1.54, 1.807) is 32.8 Å². The molecule has 1 aromatic carbocycles. The van der Waals surface area contributed by atoms with E-state index in [1.807, 2.05) is 29.6 Å². The van der Waals surface area contributed by atoms with Gasteiger partial charge in [0.1, 0.15) is 5.76 Å². The molecule has 0 saturated carbocycles. The molecule has 0 atom stereocenters. The average molecular weight is 329 g/mol. The van der Waals surface area contributed by atoms with Gasteiger partial charge in [0.25, 0.3) is 0 Å². The number of aromatic nitrogens is 1. The number of nitrogens with zero attached hydrogens (tertiary/aromatic N) is 2. The smallest absolute Gasteiger partial charge is 0.203 e. The molecule has 0 aliphatic rings. The van der Waals surface area contributed by atoms with Crippen molar-refractivity contribution in [2.75, 3.05) is 19.6 Å². The molecule has 3 rings (SSSR count). The first-order chi connectivity index (χ1) is 11.3. The predicted molar refractivity (Wildman–Crippen MR) is 90.6 cm³/mol. The van der Waals surface area contributed by atoms with Gasteiger partial charge in [0.05, 0.1) is 32.4 Å². The van der Waals surface area contributed by atoms with Crippen LogP contribution in [0.15, 0.2) is 51.5 Å². The van der Waals surface area contributed by atoms with E-state index in [0.29, 0.717) is 22.4 Å². The van der Waals surface area contributed by atoms with Crippen LogP contribution in [0.1, 0.15) is 5.76 Å². The quantitative estimate of drug-likeness (QED) is 0.549. The molecular formula is C16H15N3O3S. The summed E-state index contributed by atoms with van der Waals surface area (Å²) >= 11 is 1.47. The SMILES string of the molecule is COc1ccc(-c2csc(N/N=C/c3ccco3)n2)cc1OC. The number of ether oxygens (including phenoxy) is 2. The number of hydrazone groups is 1. The third kappa shape index (κ3) is 3.51. The van der Waals surface area contributed by atoms with E-state index in [-0.39, 0.29) is 0 Å². The third-order valence-corrected chi connectivity index (χ3v) is 3.83. The van der Waals surface area contributed by atoms with Crippen molar-refractivity contribution >= 4 is 22.7 Å². The molecule has 0 aliphatic heterocycles. The van der Waals surface area contributed by atoms with Crippen molar-refractivity contribution in [3.05, 3.63) is 47.7 Å². The van der Waals surface area contributed by atoms with Gasteiger partial charge < -0.3 is 13.9 Å². The number of hydrogen-bond donors (Lipinski definition) is 1. The van der Waals surface area contributed by atoms with Crippen LogP contribution in [0.25, 0.3) is 11.3 Å². The van der Waals surface area contributed by atoms with Crippen LogP contribution in [0.2, 0.25) is 0 Å². The molecule has 1 N–H and O–H groups in total. The standard InChI is InChI=1S/C16H15N3O3S/c1-20-14-6-5-11(8-15(14)21-2)13-10-23-16(18-13)19-17-9-12-4-3-7-22-12/h3-10H,1-2H3,(H,18,19)/b17-9+. The fourth-order valence-corrected chi connectivity index (χ4v) is 2.64. The number of thiazole rings is 1. The van der Waals surface area contributed by atoms with Gasteiger partial charge in [-0.15, -0.1) is 11.3 Å². The van der Waals surface area contributed by atoms with Crippen LogP contribution in [0.3, 0.4) is 0 Å². The molecule has 6 nitrogen and oxygen atoms in total. The molecule has 0 amide bonds. The van der Waals surface area contributed by atoms with Gasteiger partial charge in [-0.3, -0.25) is 5.43 Å². The Kier molecular flexibility index (Phi) is 4.58. The van der Waals surface area contributed by atoms with Crippen molar-refractivity contribution in [3.8, 4) is 22.8 Å². The molecule has 118 valence electrons. The second kappa shape index (κ2) is 6.97. The molecule has 0 unspecified atom stereocenters. The fourth-order valence-electron chi connectivity index (χ4n) is 1.97. The molecule has 0 bridgehead atoms. The van der Waals surface area contributed by atoms with Crippen molar-refractivity contribution in [2.45, 2.75) is 0 Å². The van der Waals surface area contributed by atoms with Crippen molar-refractivity contribution in [2.24, 2.45) is 5.10 Å². The number of hydrogen-bond acceptors (Lipinski definition) is 7. The zero-order valence-corrected chi connectivity index (χ0v) is 13.5. The zero-order chi connectivity index (χ0) is 16.1. The summed E-state index contributed by atoms with van der Waals surface area (Å²) in [6.07, 6.45) is 3.19. The summed E-state index contributed by atoms with van der Waals surface area (Å²) < 4.78 is 15.7. The highest BCUT2D eigenvalue weighted by molar-refractivity contribution is 7.14. The Hall–Kier alpha value is -2.80. The molecule has 7 heteroatoms. The Morgan fingerprint density at radius 2 is 2.09 bits per heavy atom. The Bertz CT molecular complexity index is 797. The fraction of sp³-hybridized carbons (Fsp3) is 0.125. The second-order valence-electron chi connectivity index (χ2n) is 4.49. The molecule has 0 spiro atoms. The van der Waals surface area contributed by atoms with Gasteiger partial charge in [0.2, 0.25) is 5.13 Å². The molecule has 0 saturated heterocycles. The molecule has 23 heavy (non-hydrogen) atoms. The second-order valence-corrected chi connectivity index (χ2v) is 5.35. The Morgan fingerprint density at radius 1 is 1.22 bits per heavy atom. The topological polar surface area (TPSA) is 68.9 Å². The van der Waals surface area contributed by atoms with Crippen molar-refractivity contribution in [1.29, 1.82) is 0 Å². The number of nitrogens with one attached hydrogen (secondary N) is 1. The maximum atomic E-state index is 5.31. The lowest BCUT2D eigenvalue weighted by Crippen LogP contribution is -1.91. The predicted octanol–water partition coefficient (Wildman–Crippen LogP) is 3.87. The van der Waals surface area contributed by atoms with Crippen molar-refractivity contribution in [1.82, 2.24) is 4.98 Å². The lowest BCUT2D eigenvalue weighted by molar-refractivity contribution is 0.355. The molecular weight excluding hydrogens is 314 g/mol. The van der Waals surface area contributed by atoms with Crippen LogP contribution in [-0.2, 0) is 0 Å². The minimum absolute atomic E-state index is 0.670. The van der Waals surface area contributed by atoms with Gasteiger partial charge in [0.15, 0.2) is 11.5 Å². The Balaban J connectivity index is 1.74. The normalized spacial score (nSPS) is 10.9. The van der Waals surface area contributed by atoms with E-state index < -0.39 is 0 Å². The maximum absolute atomic E-state index is 5.31. The molecule has 2 aromatic heterocycles. The molecule has 0 fully saturated rings. The van der Waals surface area contributed by atoms with Crippen LogP contribution in [0, 0.1) is 0 Å². The zero-order valence-electron chi connectivity index (χ0n) is 12.6. The first-order valence-electron chi connectivity index (χ1n) is 6.80. The summed E-state index contributed by atoms with van der Waals surface area (Å²) in [6, 6.07) is 9.31. The van der Waals surface area contributed by atoms with Crippen molar-refractivity contribution < 1.29 is 13.9 Å². The largest absolute Gasteiger partial charge is 0.493 e.